The van der Waals surface area contributed by atoms with Gasteiger partial charge < -0.3 is 19.9 Å². The molecule has 4 amide bonds. The zero-order chi connectivity index (χ0) is 24.7. The highest BCUT2D eigenvalue weighted by atomic mass is 16.6. The summed E-state index contributed by atoms with van der Waals surface area (Å²) >= 11 is 0. The predicted octanol–water partition coefficient (Wildman–Crippen LogP) is 1.68. The van der Waals surface area contributed by atoms with E-state index in [4.69, 9.17) is 9.26 Å². The molecule has 2 heterocycles. The van der Waals surface area contributed by atoms with E-state index in [9.17, 15) is 19.2 Å². The van der Waals surface area contributed by atoms with Crippen molar-refractivity contribution in [1.82, 2.24) is 26.2 Å². The molecule has 0 radical (unpaired) electrons. The summed E-state index contributed by atoms with van der Waals surface area (Å²) in [5.74, 6) is -0.516. The Labute approximate surface area is 198 Å². The molecule has 0 aromatic carbocycles. The second-order valence-electron chi connectivity index (χ2n) is 10.9. The first-order chi connectivity index (χ1) is 15.9. The minimum absolute atomic E-state index is 0.0249. The average Bonchev–Trinajstić information content (AvgIpc) is 3.28. The van der Waals surface area contributed by atoms with Crippen molar-refractivity contribution < 1.29 is 28.4 Å². The second kappa shape index (κ2) is 8.92. The van der Waals surface area contributed by atoms with Gasteiger partial charge in [-0.2, -0.15) is 0 Å². The van der Waals surface area contributed by atoms with Crippen molar-refractivity contribution in [2.24, 2.45) is 17.3 Å². The molecule has 11 heteroatoms. The van der Waals surface area contributed by atoms with Crippen LogP contribution in [0.2, 0.25) is 0 Å². The Kier molecular flexibility index (Phi) is 6.30. The monoisotopic (exact) mass is 475 g/mol. The van der Waals surface area contributed by atoms with Gasteiger partial charge in [0.15, 0.2) is 5.69 Å². The third-order valence-electron chi connectivity index (χ3n) is 6.71. The SMILES string of the molecule is Cc1cc(C(=O)N[C@@H](CC23CC(C2)C3)C(=O)NN(C[C@@H]2CCNC2=O)C(=O)OC(C)(C)C)no1. The van der Waals surface area contributed by atoms with E-state index in [1.165, 1.54) is 6.07 Å². The summed E-state index contributed by atoms with van der Waals surface area (Å²) in [6.07, 6.45) is 3.35. The van der Waals surface area contributed by atoms with Crippen LogP contribution in [-0.2, 0) is 14.3 Å². The predicted molar refractivity (Wildman–Crippen MR) is 119 cm³/mol. The van der Waals surface area contributed by atoms with E-state index in [1.54, 1.807) is 27.7 Å². The zero-order valence-electron chi connectivity index (χ0n) is 20.1. The summed E-state index contributed by atoms with van der Waals surface area (Å²) < 4.78 is 10.4. The van der Waals surface area contributed by atoms with Gasteiger partial charge in [0, 0.05) is 12.6 Å². The molecule has 4 aliphatic rings. The summed E-state index contributed by atoms with van der Waals surface area (Å²) in [4.78, 5) is 51.1. The Bertz CT molecular complexity index is 966. The maximum atomic E-state index is 13.4. The average molecular weight is 476 g/mol. The lowest BCUT2D eigenvalue weighted by molar-refractivity contribution is -0.140. The van der Waals surface area contributed by atoms with Crippen LogP contribution in [0.25, 0.3) is 0 Å². The summed E-state index contributed by atoms with van der Waals surface area (Å²) in [5, 5.41) is 10.3. The standard InChI is InChI=1S/C23H33N5O6/c1-13-7-16(27-34-13)19(30)25-17(11-23-8-14(9-23)10-23)20(31)26-28(21(32)33-22(2,3)4)12-15-5-6-24-18(15)29/h7,14-15,17H,5-6,8-12H2,1-4H3,(H,24,29)(H,25,30)(H,26,31)/t14?,15-,17-,23?/m0/s1. The van der Waals surface area contributed by atoms with E-state index in [1.807, 2.05) is 0 Å². The zero-order valence-corrected chi connectivity index (χ0v) is 20.1. The molecule has 0 unspecified atom stereocenters. The molecule has 1 aliphatic heterocycles. The molecule has 3 N–H and O–H groups in total. The van der Waals surface area contributed by atoms with Crippen LogP contribution in [0.15, 0.2) is 10.6 Å². The number of carbonyl (C=O) groups excluding carboxylic acids is 4. The molecule has 186 valence electrons. The third kappa shape index (κ3) is 5.34. The van der Waals surface area contributed by atoms with Crippen LogP contribution in [0.1, 0.15) is 69.1 Å². The number of ether oxygens (including phenoxy) is 1. The van der Waals surface area contributed by atoms with Gasteiger partial charge in [0.2, 0.25) is 5.91 Å². The lowest BCUT2D eigenvalue weighted by Gasteiger charge is -2.63. The van der Waals surface area contributed by atoms with E-state index in [2.05, 4.69) is 21.2 Å². The molecule has 1 aromatic heterocycles. The fourth-order valence-electron chi connectivity index (χ4n) is 4.99. The Morgan fingerprint density at radius 1 is 1.32 bits per heavy atom. The maximum Gasteiger partial charge on any atom is 0.429 e. The molecular weight excluding hydrogens is 442 g/mol. The van der Waals surface area contributed by atoms with Crippen LogP contribution in [0.4, 0.5) is 4.79 Å². The second-order valence-corrected chi connectivity index (χ2v) is 10.9. The number of hydrogen-bond donors (Lipinski definition) is 3. The van der Waals surface area contributed by atoms with Crippen LogP contribution < -0.4 is 16.1 Å². The Hall–Kier alpha value is -3.11. The lowest BCUT2D eigenvalue weighted by atomic mass is 9.43. The van der Waals surface area contributed by atoms with Crippen LogP contribution in [0, 0.1) is 24.2 Å². The van der Waals surface area contributed by atoms with E-state index in [0.717, 1.165) is 24.3 Å². The van der Waals surface area contributed by atoms with Gasteiger partial charge in [-0.15, -0.1) is 0 Å². The Balaban J connectivity index is 1.48. The van der Waals surface area contributed by atoms with Gasteiger partial charge in [0.05, 0.1) is 12.5 Å². The van der Waals surface area contributed by atoms with Crippen molar-refractivity contribution in [3.05, 3.63) is 17.5 Å². The number of carbonyl (C=O) groups is 4. The highest BCUT2D eigenvalue weighted by molar-refractivity contribution is 5.96. The number of aryl methyl sites for hydroxylation is 1. The first-order valence-corrected chi connectivity index (χ1v) is 11.8. The number of nitrogens with one attached hydrogen (secondary N) is 3. The van der Waals surface area contributed by atoms with E-state index in [-0.39, 0.29) is 23.6 Å². The number of nitrogens with zero attached hydrogens (tertiary/aromatic N) is 2. The first kappa shape index (κ1) is 24.0. The molecule has 2 atom stereocenters. The smallest absolute Gasteiger partial charge is 0.429 e. The highest BCUT2D eigenvalue weighted by Gasteiger charge is 2.57. The third-order valence-corrected chi connectivity index (χ3v) is 6.71. The Morgan fingerprint density at radius 3 is 2.53 bits per heavy atom. The van der Waals surface area contributed by atoms with Gasteiger partial charge in [-0.3, -0.25) is 19.8 Å². The van der Waals surface area contributed by atoms with Crippen molar-refractivity contribution in [1.29, 1.82) is 0 Å². The van der Waals surface area contributed by atoms with Crippen molar-refractivity contribution in [2.75, 3.05) is 13.1 Å². The van der Waals surface area contributed by atoms with E-state index >= 15 is 0 Å². The Morgan fingerprint density at radius 2 is 2.03 bits per heavy atom. The molecule has 34 heavy (non-hydrogen) atoms. The van der Waals surface area contributed by atoms with Gasteiger partial charge in [-0.25, -0.2) is 9.80 Å². The van der Waals surface area contributed by atoms with Crippen LogP contribution in [-0.4, -0.2) is 58.7 Å². The molecule has 0 spiro atoms. The summed E-state index contributed by atoms with van der Waals surface area (Å²) in [6.45, 7) is 7.33. The largest absolute Gasteiger partial charge is 0.442 e. The van der Waals surface area contributed by atoms with Gasteiger partial charge in [-0.1, -0.05) is 5.16 Å². The number of amides is 4. The van der Waals surface area contributed by atoms with Crippen molar-refractivity contribution in [3.8, 4) is 0 Å². The van der Waals surface area contributed by atoms with Gasteiger partial charge in [0.25, 0.3) is 11.8 Å². The molecular formula is C23H33N5O6. The highest BCUT2D eigenvalue weighted by Crippen LogP contribution is 2.66. The molecule has 1 aromatic rings. The normalized spacial score (nSPS) is 25.9. The van der Waals surface area contributed by atoms with Crippen molar-refractivity contribution >= 4 is 23.8 Å². The van der Waals surface area contributed by atoms with Crippen molar-refractivity contribution in [2.45, 2.75) is 71.4 Å². The number of aromatic nitrogens is 1. The summed E-state index contributed by atoms with van der Waals surface area (Å²) in [7, 11) is 0. The molecule has 11 nitrogen and oxygen atoms in total. The number of rotatable bonds is 7. The lowest BCUT2D eigenvalue weighted by Crippen LogP contribution is -2.60. The molecule has 5 rings (SSSR count). The number of hydrazine groups is 1. The van der Waals surface area contributed by atoms with Gasteiger partial charge >= 0.3 is 6.09 Å². The van der Waals surface area contributed by atoms with E-state index in [0.29, 0.717) is 31.1 Å². The first-order valence-electron chi connectivity index (χ1n) is 11.8. The minimum Gasteiger partial charge on any atom is -0.442 e. The quantitative estimate of drug-likeness (QED) is 0.509. The van der Waals surface area contributed by atoms with Gasteiger partial charge in [-0.05, 0) is 71.1 Å². The van der Waals surface area contributed by atoms with Gasteiger partial charge in [0.1, 0.15) is 17.4 Å². The maximum absolute atomic E-state index is 13.4. The summed E-state index contributed by atoms with van der Waals surface area (Å²) in [6, 6.07) is 0.616. The van der Waals surface area contributed by atoms with E-state index < -0.39 is 35.5 Å². The number of hydrogen-bond acceptors (Lipinski definition) is 7. The molecule has 1 saturated heterocycles. The molecule has 2 bridgehead atoms. The fraction of sp³-hybridized carbons (Fsp3) is 0.696. The van der Waals surface area contributed by atoms with Crippen LogP contribution >= 0.6 is 0 Å². The summed E-state index contributed by atoms with van der Waals surface area (Å²) in [5.41, 5.74) is 1.96. The van der Waals surface area contributed by atoms with Crippen LogP contribution in [0.5, 0.6) is 0 Å². The minimum atomic E-state index is -0.881. The molecule has 4 fully saturated rings. The molecule has 3 saturated carbocycles. The van der Waals surface area contributed by atoms with Crippen molar-refractivity contribution in [3.63, 3.8) is 0 Å². The topological polar surface area (TPSA) is 143 Å². The molecule has 3 aliphatic carbocycles. The fourth-order valence-corrected chi connectivity index (χ4v) is 4.99. The van der Waals surface area contributed by atoms with Crippen LogP contribution in [0.3, 0.4) is 0 Å².